The lowest BCUT2D eigenvalue weighted by atomic mass is 9.94. The van der Waals surface area contributed by atoms with Gasteiger partial charge in [-0.2, -0.15) is 0 Å². The summed E-state index contributed by atoms with van der Waals surface area (Å²) in [5, 5.41) is 28.5. The average Bonchev–Trinajstić information content (AvgIpc) is 2.42. The van der Waals surface area contributed by atoms with Crippen LogP contribution < -0.4 is 0 Å². The molecule has 110 valence electrons. The van der Waals surface area contributed by atoms with Crippen molar-refractivity contribution in [3.8, 4) is 5.75 Å². The Labute approximate surface area is 122 Å². The zero-order valence-electron chi connectivity index (χ0n) is 11.0. The number of β-amino-alcohol motifs (C(OH)–C–C–N with tert-alkyl or cyclic N) is 1. The van der Waals surface area contributed by atoms with E-state index in [0.29, 0.717) is 13.0 Å². The molecule has 1 amide bonds. The van der Waals surface area contributed by atoms with Gasteiger partial charge in [-0.1, -0.05) is 17.7 Å². The third-order valence-electron chi connectivity index (χ3n) is 3.68. The van der Waals surface area contributed by atoms with Gasteiger partial charge < -0.3 is 20.2 Å². The first-order valence-electron chi connectivity index (χ1n) is 6.55. The van der Waals surface area contributed by atoms with Crippen LogP contribution in [0.4, 0.5) is 0 Å². The van der Waals surface area contributed by atoms with E-state index in [9.17, 15) is 15.0 Å². The molecule has 6 heteroatoms. The lowest BCUT2D eigenvalue weighted by Gasteiger charge is -2.35. The summed E-state index contributed by atoms with van der Waals surface area (Å²) in [7, 11) is 0. The standard InChI is InChI=1S/C14H18ClNO4/c15-11-5-9(1-2-12(11)18)6-14(20)16-4-3-10(8-17)13(19)7-16/h1-2,5,10,13,17-19H,3-4,6-8H2/t10-,13-/m1/s1. The molecule has 0 aromatic heterocycles. The van der Waals surface area contributed by atoms with Crippen LogP contribution in [-0.4, -0.2) is 51.9 Å². The molecule has 3 N–H and O–H groups in total. The van der Waals surface area contributed by atoms with Gasteiger partial charge >= 0.3 is 0 Å². The topological polar surface area (TPSA) is 81.0 Å². The van der Waals surface area contributed by atoms with Gasteiger partial charge in [-0.25, -0.2) is 0 Å². The van der Waals surface area contributed by atoms with E-state index in [2.05, 4.69) is 0 Å². The summed E-state index contributed by atoms with van der Waals surface area (Å²) in [6.45, 7) is 0.722. The first-order chi connectivity index (χ1) is 9.51. The minimum Gasteiger partial charge on any atom is -0.506 e. The van der Waals surface area contributed by atoms with E-state index in [1.54, 1.807) is 17.0 Å². The number of aliphatic hydroxyl groups excluding tert-OH is 2. The zero-order chi connectivity index (χ0) is 14.7. The lowest BCUT2D eigenvalue weighted by Crippen LogP contribution is -2.48. The van der Waals surface area contributed by atoms with Crippen molar-refractivity contribution >= 4 is 17.5 Å². The van der Waals surface area contributed by atoms with Crippen LogP contribution in [0.3, 0.4) is 0 Å². The summed E-state index contributed by atoms with van der Waals surface area (Å²) >= 11 is 5.80. The van der Waals surface area contributed by atoms with Crippen molar-refractivity contribution in [2.75, 3.05) is 19.7 Å². The molecule has 1 aliphatic rings. The van der Waals surface area contributed by atoms with Crippen molar-refractivity contribution in [3.05, 3.63) is 28.8 Å². The number of halogens is 1. The Hall–Kier alpha value is -1.30. The molecule has 1 fully saturated rings. The molecule has 0 radical (unpaired) electrons. The fourth-order valence-electron chi connectivity index (χ4n) is 2.37. The van der Waals surface area contributed by atoms with Crippen molar-refractivity contribution < 1.29 is 20.1 Å². The molecule has 1 heterocycles. The molecule has 2 rings (SSSR count). The number of hydrogen-bond donors (Lipinski definition) is 3. The zero-order valence-corrected chi connectivity index (χ0v) is 11.8. The van der Waals surface area contributed by atoms with Crippen LogP contribution in [0.5, 0.6) is 5.75 Å². The SMILES string of the molecule is O=C(Cc1ccc(O)c(Cl)c1)N1CC[C@H](CO)[C@H](O)C1. The summed E-state index contributed by atoms with van der Waals surface area (Å²) in [5.74, 6) is -0.258. The van der Waals surface area contributed by atoms with E-state index in [1.165, 1.54) is 6.07 Å². The van der Waals surface area contributed by atoms with Crippen LogP contribution in [0, 0.1) is 5.92 Å². The van der Waals surface area contributed by atoms with Crippen LogP contribution in [0.1, 0.15) is 12.0 Å². The van der Waals surface area contributed by atoms with Crippen molar-refractivity contribution in [1.29, 1.82) is 0 Å². The maximum atomic E-state index is 12.2. The molecule has 0 saturated carbocycles. The van der Waals surface area contributed by atoms with E-state index in [1.807, 2.05) is 0 Å². The average molecular weight is 300 g/mol. The Bertz CT molecular complexity index is 494. The molecular weight excluding hydrogens is 282 g/mol. The Balaban J connectivity index is 1.97. The Morgan fingerprint density at radius 3 is 2.80 bits per heavy atom. The van der Waals surface area contributed by atoms with Crippen molar-refractivity contribution in [2.45, 2.75) is 18.9 Å². The van der Waals surface area contributed by atoms with Gasteiger partial charge in [0.25, 0.3) is 0 Å². The highest BCUT2D eigenvalue weighted by atomic mass is 35.5. The Morgan fingerprint density at radius 1 is 1.45 bits per heavy atom. The minimum atomic E-state index is -0.680. The van der Waals surface area contributed by atoms with E-state index < -0.39 is 6.10 Å². The van der Waals surface area contributed by atoms with Crippen LogP contribution in [-0.2, 0) is 11.2 Å². The van der Waals surface area contributed by atoms with Gasteiger partial charge in [-0.15, -0.1) is 0 Å². The highest BCUT2D eigenvalue weighted by Crippen LogP contribution is 2.24. The Kier molecular flexibility index (Phi) is 4.86. The third kappa shape index (κ3) is 3.42. The third-order valence-corrected chi connectivity index (χ3v) is 3.98. The second-order valence-electron chi connectivity index (χ2n) is 5.10. The quantitative estimate of drug-likeness (QED) is 0.771. The van der Waals surface area contributed by atoms with Crippen molar-refractivity contribution in [2.24, 2.45) is 5.92 Å². The van der Waals surface area contributed by atoms with Crippen LogP contribution in [0.2, 0.25) is 5.02 Å². The molecule has 1 aromatic rings. The summed E-state index contributed by atoms with van der Waals surface area (Å²) in [6, 6.07) is 4.67. The summed E-state index contributed by atoms with van der Waals surface area (Å²) < 4.78 is 0. The monoisotopic (exact) mass is 299 g/mol. The second-order valence-corrected chi connectivity index (χ2v) is 5.51. The normalized spacial score (nSPS) is 22.9. The van der Waals surface area contributed by atoms with Crippen molar-refractivity contribution in [3.63, 3.8) is 0 Å². The fraction of sp³-hybridized carbons (Fsp3) is 0.500. The molecule has 5 nitrogen and oxygen atoms in total. The number of phenolic OH excluding ortho intramolecular Hbond substituents is 1. The molecule has 20 heavy (non-hydrogen) atoms. The van der Waals surface area contributed by atoms with Gasteiger partial charge in [0.05, 0.1) is 17.5 Å². The summed E-state index contributed by atoms with van der Waals surface area (Å²) in [4.78, 5) is 13.7. The van der Waals surface area contributed by atoms with Crippen LogP contribution in [0.25, 0.3) is 0 Å². The number of piperidine rings is 1. The lowest BCUT2D eigenvalue weighted by molar-refractivity contribution is -0.135. The van der Waals surface area contributed by atoms with Crippen molar-refractivity contribution in [1.82, 2.24) is 4.90 Å². The van der Waals surface area contributed by atoms with Gasteiger partial charge in [0.15, 0.2) is 0 Å². The van der Waals surface area contributed by atoms with E-state index in [0.717, 1.165) is 5.56 Å². The number of phenols is 1. The first kappa shape index (κ1) is 15.1. The predicted molar refractivity (Wildman–Crippen MR) is 74.6 cm³/mol. The maximum absolute atomic E-state index is 12.2. The molecule has 0 unspecified atom stereocenters. The molecular formula is C14H18ClNO4. The predicted octanol–water partition coefficient (Wildman–Crippen LogP) is 0.790. The van der Waals surface area contributed by atoms with Gasteiger partial charge in [0.2, 0.25) is 5.91 Å². The van der Waals surface area contributed by atoms with Crippen LogP contribution >= 0.6 is 11.6 Å². The fourth-order valence-corrected chi connectivity index (χ4v) is 2.57. The second kappa shape index (κ2) is 6.43. The number of hydrogen-bond acceptors (Lipinski definition) is 4. The van der Waals surface area contributed by atoms with Gasteiger partial charge in [0.1, 0.15) is 5.75 Å². The van der Waals surface area contributed by atoms with Gasteiger partial charge in [-0.05, 0) is 24.1 Å². The number of rotatable bonds is 3. The van der Waals surface area contributed by atoms with Gasteiger partial charge in [-0.3, -0.25) is 4.79 Å². The molecule has 1 aromatic carbocycles. The summed E-state index contributed by atoms with van der Waals surface area (Å²) in [6.07, 6.45) is 0.0945. The minimum absolute atomic E-state index is 0.0120. The molecule has 2 atom stereocenters. The largest absolute Gasteiger partial charge is 0.506 e. The number of nitrogens with zero attached hydrogens (tertiary/aromatic N) is 1. The first-order valence-corrected chi connectivity index (χ1v) is 6.93. The summed E-state index contributed by atoms with van der Waals surface area (Å²) in [5.41, 5.74) is 0.719. The van der Waals surface area contributed by atoms with E-state index in [-0.39, 0.29) is 42.2 Å². The molecule has 0 bridgehead atoms. The van der Waals surface area contributed by atoms with E-state index in [4.69, 9.17) is 16.7 Å². The number of amides is 1. The molecule has 0 aliphatic carbocycles. The van der Waals surface area contributed by atoms with Gasteiger partial charge in [0, 0.05) is 25.6 Å². The molecule has 1 saturated heterocycles. The molecule has 1 aliphatic heterocycles. The van der Waals surface area contributed by atoms with E-state index >= 15 is 0 Å². The smallest absolute Gasteiger partial charge is 0.227 e. The number of aromatic hydroxyl groups is 1. The number of aliphatic hydroxyl groups is 2. The highest BCUT2D eigenvalue weighted by molar-refractivity contribution is 6.32. The number of likely N-dealkylation sites (tertiary alicyclic amines) is 1. The number of carbonyl (C=O) groups excluding carboxylic acids is 1. The molecule has 0 spiro atoms. The highest BCUT2D eigenvalue weighted by Gasteiger charge is 2.29. The number of benzene rings is 1. The Morgan fingerprint density at radius 2 is 2.20 bits per heavy atom. The maximum Gasteiger partial charge on any atom is 0.227 e. The number of carbonyl (C=O) groups is 1. The van der Waals surface area contributed by atoms with Crippen LogP contribution in [0.15, 0.2) is 18.2 Å².